The Morgan fingerprint density at radius 2 is 2.00 bits per heavy atom. The maximum absolute atomic E-state index is 12.6. The zero-order valence-electron chi connectivity index (χ0n) is 18.5. The molecule has 7 heteroatoms. The molecule has 31 heavy (non-hydrogen) atoms. The van der Waals surface area contributed by atoms with Gasteiger partial charge in [-0.15, -0.1) is 0 Å². The first-order valence-corrected chi connectivity index (χ1v) is 10.8. The van der Waals surface area contributed by atoms with Crippen molar-refractivity contribution < 1.29 is 24.5 Å². The molecule has 0 radical (unpaired) electrons. The summed E-state index contributed by atoms with van der Waals surface area (Å²) < 4.78 is 5.51. The molecule has 2 unspecified atom stereocenters. The number of anilines is 1. The number of fused-ring (bicyclic) bond motifs is 3. The predicted octanol–water partition coefficient (Wildman–Crippen LogP) is 2.68. The van der Waals surface area contributed by atoms with E-state index in [0.717, 1.165) is 48.4 Å². The van der Waals surface area contributed by atoms with Gasteiger partial charge < -0.3 is 24.7 Å². The second-order valence-electron chi connectivity index (χ2n) is 8.98. The highest BCUT2D eigenvalue weighted by Crippen LogP contribution is 2.42. The van der Waals surface area contributed by atoms with Crippen LogP contribution in [0.4, 0.5) is 5.69 Å². The molecule has 4 rings (SSSR count). The topological polar surface area (TPSA) is 90.3 Å². The first-order valence-electron chi connectivity index (χ1n) is 10.8. The van der Waals surface area contributed by atoms with Gasteiger partial charge in [-0.25, -0.2) is 4.79 Å². The van der Waals surface area contributed by atoms with Crippen molar-refractivity contribution in [3.05, 3.63) is 46.7 Å². The molecule has 3 aliphatic rings. The molecule has 0 amide bonds. The van der Waals surface area contributed by atoms with Crippen LogP contribution in [0.1, 0.15) is 48.7 Å². The molecule has 0 saturated carbocycles. The van der Waals surface area contributed by atoms with Crippen molar-refractivity contribution in [2.24, 2.45) is 5.92 Å². The first kappa shape index (κ1) is 21.6. The molecule has 7 nitrogen and oxygen atoms in total. The van der Waals surface area contributed by atoms with Gasteiger partial charge in [0.15, 0.2) is 5.78 Å². The maximum Gasteiger partial charge on any atom is 0.336 e. The van der Waals surface area contributed by atoms with Crippen LogP contribution in [0.2, 0.25) is 0 Å². The van der Waals surface area contributed by atoms with Gasteiger partial charge in [-0.05, 0) is 49.5 Å². The van der Waals surface area contributed by atoms with Gasteiger partial charge in [0.05, 0.1) is 11.7 Å². The zero-order valence-corrected chi connectivity index (χ0v) is 18.5. The lowest BCUT2D eigenvalue weighted by atomic mass is 9.82. The van der Waals surface area contributed by atoms with Crippen molar-refractivity contribution in [3.63, 3.8) is 0 Å². The van der Waals surface area contributed by atoms with E-state index in [4.69, 9.17) is 4.74 Å². The molecule has 1 aromatic carbocycles. The molecule has 0 bridgehead atoms. The molecular weight excluding hydrogens is 396 g/mol. The minimum atomic E-state index is -1.19. The molecule has 1 fully saturated rings. The summed E-state index contributed by atoms with van der Waals surface area (Å²) in [5.74, 6) is -0.883. The van der Waals surface area contributed by atoms with Gasteiger partial charge in [0, 0.05) is 55.0 Å². The van der Waals surface area contributed by atoms with E-state index in [1.54, 1.807) is 26.3 Å². The van der Waals surface area contributed by atoms with Gasteiger partial charge in [-0.3, -0.25) is 4.79 Å². The number of aliphatic carboxylic acids is 1. The molecular formula is C24H30N2O5. The SMILES string of the molecule is CO[C@H]1CCN(c2cc3c(cc2C(C)=O)C2=CC(O)C(C(=O)O)=CN2C(C(C)C)C3)C1. The number of carboxylic acids is 1. The molecule has 1 aromatic rings. The van der Waals surface area contributed by atoms with Crippen LogP contribution in [0.5, 0.6) is 0 Å². The number of ketones is 1. The molecule has 1 saturated heterocycles. The Morgan fingerprint density at radius 1 is 1.26 bits per heavy atom. The molecule has 0 aromatic heterocycles. The number of hydrogen-bond acceptors (Lipinski definition) is 6. The average Bonchev–Trinajstić information content (AvgIpc) is 3.20. The van der Waals surface area contributed by atoms with Crippen LogP contribution in [0.25, 0.3) is 5.70 Å². The van der Waals surface area contributed by atoms with Crippen LogP contribution in [0, 0.1) is 5.92 Å². The minimum absolute atomic E-state index is 0.0186. The van der Waals surface area contributed by atoms with Crippen molar-refractivity contribution in [2.45, 2.75) is 51.9 Å². The van der Waals surface area contributed by atoms with E-state index in [-0.39, 0.29) is 29.4 Å². The second kappa shape index (κ2) is 8.13. The van der Waals surface area contributed by atoms with Crippen molar-refractivity contribution in [2.75, 3.05) is 25.1 Å². The predicted molar refractivity (Wildman–Crippen MR) is 118 cm³/mol. The summed E-state index contributed by atoms with van der Waals surface area (Å²) in [6, 6.07) is 4.08. The third kappa shape index (κ3) is 3.77. The van der Waals surface area contributed by atoms with E-state index in [9.17, 15) is 19.8 Å². The standard InChI is InChI=1S/C24H30N2O5/c1-13(2)20-7-15-8-21(25-6-5-16(11-25)31-4)17(14(3)27)9-18(15)22-10-23(28)19(24(29)30)12-26(20)22/h8-10,12-13,16,20,23,28H,5-7,11H2,1-4H3,(H,29,30)/t16-,20?,23?/m0/s1. The number of rotatable bonds is 5. The number of nitrogens with zero attached hydrogens (tertiary/aromatic N) is 2. The Labute approximate surface area is 182 Å². The van der Waals surface area contributed by atoms with E-state index in [0.29, 0.717) is 5.56 Å². The highest BCUT2D eigenvalue weighted by molar-refractivity contribution is 6.01. The number of aliphatic hydroxyl groups is 1. The fourth-order valence-electron chi connectivity index (χ4n) is 4.91. The smallest absolute Gasteiger partial charge is 0.336 e. The lowest BCUT2D eigenvalue weighted by Crippen LogP contribution is -2.43. The maximum atomic E-state index is 12.6. The fraction of sp³-hybridized carbons (Fsp3) is 0.500. The van der Waals surface area contributed by atoms with Crippen molar-refractivity contribution in [3.8, 4) is 0 Å². The van der Waals surface area contributed by atoms with Crippen LogP contribution in [-0.2, 0) is 16.0 Å². The van der Waals surface area contributed by atoms with E-state index in [1.807, 2.05) is 11.0 Å². The van der Waals surface area contributed by atoms with E-state index < -0.39 is 12.1 Å². The molecule has 0 aliphatic carbocycles. The Balaban J connectivity index is 1.83. The summed E-state index contributed by atoms with van der Waals surface area (Å²) in [5.41, 5.74) is 4.29. The van der Waals surface area contributed by atoms with Crippen LogP contribution in [-0.4, -0.2) is 65.3 Å². The van der Waals surface area contributed by atoms with Crippen LogP contribution in [0.15, 0.2) is 30.0 Å². The van der Waals surface area contributed by atoms with Gasteiger partial charge in [0.25, 0.3) is 0 Å². The van der Waals surface area contributed by atoms with Crippen molar-refractivity contribution in [1.29, 1.82) is 0 Å². The van der Waals surface area contributed by atoms with Crippen LogP contribution >= 0.6 is 0 Å². The number of Topliss-reactive ketones (excluding diaryl/α,β-unsaturated/α-hetero) is 1. The normalized spacial score (nSPS) is 25.2. The second-order valence-corrected chi connectivity index (χ2v) is 8.98. The Kier molecular flexibility index (Phi) is 5.66. The third-order valence-electron chi connectivity index (χ3n) is 6.69. The number of aliphatic hydroxyl groups excluding tert-OH is 1. The Bertz CT molecular complexity index is 980. The van der Waals surface area contributed by atoms with E-state index >= 15 is 0 Å². The summed E-state index contributed by atoms with van der Waals surface area (Å²) in [6.07, 6.45) is 3.77. The van der Waals surface area contributed by atoms with E-state index in [2.05, 4.69) is 24.8 Å². The average molecular weight is 427 g/mol. The third-order valence-corrected chi connectivity index (χ3v) is 6.69. The summed E-state index contributed by atoms with van der Waals surface area (Å²) in [5, 5.41) is 19.9. The van der Waals surface area contributed by atoms with Gasteiger partial charge >= 0.3 is 5.97 Å². The summed E-state index contributed by atoms with van der Waals surface area (Å²) in [4.78, 5) is 28.3. The van der Waals surface area contributed by atoms with Gasteiger partial charge in [0.1, 0.15) is 6.10 Å². The zero-order chi connectivity index (χ0) is 22.4. The lowest BCUT2D eigenvalue weighted by Gasteiger charge is -2.43. The number of ether oxygens (including phenoxy) is 1. The number of carbonyl (C=O) groups excluding carboxylic acids is 1. The van der Waals surface area contributed by atoms with E-state index in [1.165, 1.54) is 0 Å². The first-order chi connectivity index (χ1) is 14.7. The lowest BCUT2D eigenvalue weighted by molar-refractivity contribution is -0.133. The highest BCUT2D eigenvalue weighted by atomic mass is 16.5. The number of methoxy groups -OCH3 is 1. The van der Waals surface area contributed by atoms with Crippen molar-refractivity contribution in [1.82, 2.24) is 4.90 Å². The van der Waals surface area contributed by atoms with Crippen LogP contribution < -0.4 is 4.90 Å². The molecule has 166 valence electrons. The quantitative estimate of drug-likeness (QED) is 0.700. The number of benzene rings is 1. The summed E-state index contributed by atoms with van der Waals surface area (Å²) >= 11 is 0. The Hall–Kier alpha value is -2.64. The fourth-order valence-corrected chi connectivity index (χ4v) is 4.91. The molecule has 0 spiro atoms. The molecule has 3 heterocycles. The number of carboxylic acid groups (broad SMARTS) is 1. The van der Waals surface area contributed by atoms with Crippen molar-refractivity contribution >= 4 is 23.1 Å². The molecule has 2 N–H and O–H groups in total. The summed E-state index contributed by atoms with van der Waals surface area (Å²) in [6.45, 7) is 7.38. The number of hydrogen-bond donors (Lipinski definition) is 2. The minimum Gasteiger partial charge on any atom is -0.478 e. The molecule has 3 atom stereocenters. The monoisotopic (exact) mass is 426 g/mol. The highest BCUT2D eigenvalue weighted by Gasteiger charge is 2.37. The largest absolute Gasteiger partial charge is 0.478 e. The molecule has 3 aliphatic heterocycles. The summed E-state index contributed by atoms with van der Waals surface area (Å²) in [7, 11) is 1.72. The van der Waals surface area contributed by atoms with Crippen LogP contribution in [0.3, 0.4) is 0 Å². The Morgan fingerprint density at radius 3 is 2.58 bits per heavy atom. The number of carbonyl (C=O) groups is 2. The van der Waals surface area contributed by atoms with Gasteiger partial charge in [-0.1, -0.05) is 13.8 Å². The van der Waals surface area contributed by atoms with Gasteiger partial charge in [-0.2, -0.15) is 0 Å². The van der Waals surface area contributed by atoms with Gasteiger partial charge in [0.2, 0.25) is 0 Å².